The van der Waals surface area contributed by atoms with Crippen molar-refractivity contribution in [3.63, 3.8) is 0 Å². The van der Waals surface area contributed by atoms with Crippen molar-refractivity contribution in [1.82, 2.24) is 0 Å². The van der Waals surface area contributed by atoms with Crippen molar-refractivity contribution >= 4 is 0 Å². The minimum absolute atomic E-state index is 0.0522. The summed E-state index contributed by atoms with van der Waals surface area (Å²) >= 11 is 0. The lowest BCUT2D eigenvalue weighted by atomic mass is 9.89. The third kappa shape index (κ3) is 4.58. The van der Waals surface area contributed by atoms with Gasteiger partial charge in [0.15, 0.2) is 12.1 Å². The zero-order valence-electron chi connectivity index (χ0n) is 14.5. The van der Waals surface area contributed by atoms with Gasteiger partial charge < -0.3 is 60.2 Å². The molecule has 12 heteroatoms. The minimum Gasteiger partial charge on any atom is -0.396 e. The van der Waals surface area contributed by atoms with Crippen molar-refractivity contribution in [2.24, 2.45) is 0 Å². The summed E-state index contributed by atoms with van der Waals surface area (Å²) in [4.78, 5) is 0. The molecule has 0 aliphatic carbocycles. The van der Waals surface area contributed by atoms with Crippen LogP contribution in [0.3, 0.4) is 0 Å². The maximum absolute atomic E-state index is 10.4. The van der Waals surface area contributed by atoms with Gasteiger partial charge in [-0.05, 0) is 6.42 Å². The van der Waals surface area contributed by atoms with Gasteiger partial charge in [0.05, 0.1) is 13.2 Å². The molecule has 0 amide bonds. The summed E-state index contributed by atoms with van der Waals surface area (Å²) in [5, 5.41) is 88.1. The van der Waals surface area contributed by atoms with E-state index >= 15 is 0 Å². The lowest BCUT2D eigenvalue weighted by molar-refractivity contribution is -0.384. The highest BCUT2D eigenvalue weighted by atomic mass is 16.7. The fourth-order valence-corrected chi connectivity index (χ4v) is 3.25. The number of aliphatic hydroxyl groups excluding tert-OH is 8. The van der Waals surface area contributed by atoms with Crippen molar-refractivity contribution in [3.05, 3.63) is 0 Å². The Hall–Kier alpha value is -0.480. The number of aliphatic hydroxyl groups is 9. The minimum atomic E-state index is -2.25. The third-order valence-corrected chi connectivity index (χ3v) is 4.86. The van der Waals surface area contributed by atoms with Crippen LogP contribution < -0.4 is 0 Å². The Morgan fingerprint density at radius 1 is 0.815 bits per heavy atom. The molecular weight excluding hydrogens is 372 g/mol. The third-order valence-electron chi connectivity index (χ3n) is 4.86. The molecule has 0 aromatic heterocycles. The predicted octanol–water partition coefficient (Wildman–Crippen LogP) is -5.25. The molecule has 2 heterocycles. The molecule has 0 saturated carbocycles. The molecule has 10 atom stereocenters. The number of hydrogen-bond acceptors (Lipinski definition) is 12. The second-order valence-corrected chi connectivity index (χ2v) is 6.74. The van der Waals surface area contributed by atoms with E-state index in [1.165, 1.54) is 0 Å². The average molecular weight is 400 g/mol. The van der Waals surface area contributed by atoms with E-state index in [1.54, 1.807) is 0 Å². The van der Waals surface area contributed by atoms with E-state index in [1.807, 2.05) is 0 Å². The van der Waals surface area contributed by atoms with Gasteiger partial charge in [-0.2, -0.15) is 0 Å². The van der Waals surface area contributed by atoms with Gasteiger partial charge in [-0.3, -0.25) is 0 Å². The first-order valence-corrected chi connectivity index (χ1v) is 8.64. The van der Waals surface area contributed by atoms with Crippen LogP contribution in [0.5, 0.6) is 0 Å². The Bertz CT molecular complexity index is 462. The summed E-state index contributed by atoms with van der Waals surface area (Å²) in [6.45, 7) is -1.74. The Balaban J connectivity index is 2.15. The van der Waals surface area contributed by atoms with Crippen LogP contribution in [0.15, 0.2) is 0 Å². The molecule has 0 aromatic carbocycles. The first-order valence-electron chi connectivity index (χ1n) is 8.64. The molecule has 2 fully saturated rings. The molecule has 2 aliphatic heterocycles. The molecule has 2 saturated heterocycles. The molecule has 2 rings (SSSR count). The molecule has 2 aliphatic rings. The van der Waals surface area contributed by atoms with E-state index in [2.05, 4.69) is 0 Å². The van der Waals surface area contributed by atoms with Crippen LogP contribution in [0.2, 0.25) is 0 Å². The van der Waals surface area contributed by atoms with Gasteiger partial charge >= 0.3 is 0 Å². The topological polar surface area (TPSA) is 210 Å². The van der Waals surface area contributed by atoms with Gasteiger partial charge in [0.1, 0.15) is 48.8 Å². The van der Waals surface area contributed by atoms with Crippen molar-refractivity contribution in [2.75, 3.05) is 19.8 Å². The monoisotopic (exact) mass is 400 g/mol. The molecular formula is C15H28O12. The second-order valence-electron chi connectivity index (χ2n) is 6.74. The van der Waals surface area contributed by atoms with E-state index in [4.69, 9.17) is 19.3 Å². The SMILES string of the molecule is OCCCC1(O)O[C@H](CO)[C@@H](O[C@@H]2O[C@H](CO)[C@H](O)[C@H](O)[C@H]2O)[C@H](O)[C@H]1O. The van der Waals surface area contributed by atoms with Crippen LogP contribution >= 0.6 is 0 Å². The molecule has 12 nitrogen and oxygen atoms in total. The maximum atomic E-state index is 10.4. The molecule has 0 bridgehead atoms. The largest absolute Gasteiger partial charge is 0.396 e. The van der Waals surface area contributed by atoms with E-state index in [9.17, 15) is 40.9 Å². The highest BCUT2D eigenvalue weighted by Crippen LogP contribution is 2.34. The van der Waals surface area contributed by atoms with E-state index in [-0.39, 0.29) is 19.4 Å². The Labute approximate surface area is 154 Å². The molecule has 0 spiro atoms. The highest BCUT2D eigenvalue weighted by Gasteiger charge is 2.55. The van der Waals surface area contributed by atoms with E-state index < -0.39 is 74.1 Å². The number of ether oxygens (including phenoxy) is 3. The maximum Gasteiger partial charge on any atom is 0.195 e. The fraction of sp³-hybridized carbons (Fsp3) is 1.00. The summed E-state index contributed by atoms with van der Waals surface area (Å²) < 4.78 is 15.8. The zero-order valence-corrected chi connectivity index (χ0v) is 14.5. The van der Waals surface area contributed by atoms with Crippen molar-refractivity contribution in [1.29, 1.82) is 0 Å². The van der Waals surface area contributed by atoms with Crippen LogP contribution in [0.25, 0.3) is 0 Å². The van der Waals surface area contributed by atoms with Gasteiger partial charge in [0.25, 0.3) is 0 Å². The summed E-state index contributed by atoms with van der Waals surface area (Å²) in [7, 11) is 0. The van der Waals surface area contributed by atoms with Crippen LogP contribution in [0.1, 0.15) is 12.8 Å². The smallest absolute Gasteiger partial charge is 0.195 e. The standard InChI is InChI=1S/C15H28O12/c16-3-1-2-15(24)13(23)11(22)12(7(5-18)27-15)26-14-10(21)9(20)8(19)6(4-17)25-14/h6-14,16-24H,1-5H2/t6-,7-,8+,9+,10-,11+,12-,13-,14+,15?/m1/s1. The van der Waals surface area contributed by atoms with Gasteiger partial charge in [-0.15, -0.1) is 0 Å². The normalized spacial score (nSPS) is 48.6. The molecule has 0 aromatic rings. The Morgan fingerprint density at radius 3 is 2.00 bits per heavy atom. The lowest BCUT2D eigenvalue weighted by Crippen LogP contribution is -2.68. The Morgan fingerprint density at radius 2 is 1.44 bits per heavy atom. The highest BCUT2D eigenvalue weighted by molar-refractivity contribution is 4.98. The number of hydrogen-bond donors (Lipinski definition) is 9. The summed E-state index contributed by atoms with van der Waals surface area (Å²) in [5.41, 5.74) is 0. The van der Waals surface area contributed by atoms with Crippen LogP contribution in [-0.2, 0) is 14.2 Å². The first kappa shape index (κ1) is 22.8. The quantitative estimate of drug-likeness (QED) is 0.196. The van der Waals surface area contributed by atoms with Gasteiger partial charge in [-0.25, -0.2) is 0 Å². The van der Waals surface area contributed by atoms with Gasteiger partial charge in [0, 0.05) is 13.0 Å². The van der Waals surface area contributed by atoms with Crippen molar-refractivity contribution in [2.45, 2.75) is 73.8 Å². The Kier molecular flexibility index (Phi) is 7.89. The second kappa shape index (κ2) is 9.35. The fourth-order valence-electron chi connectivity index (χ4n) is 3.25. The first-order chi connectivity index (χ1) is 12.7. The summed E-state index contributed by atoms with van der Waals surface area (Å²) in [5.74, 6) is -2.25. The van der Waals surface area contributed by atoms with E-state index in [0.717, 1.165) is 0 Å². The van der Waals surface area contributed by atoms with Crippen LogP contribution in [0, 0.1) is 0 Å². The zero-order chi connectivity index (χ0) is 20.4. The number of rotatable bonds is 7. The van der Waals surface area contributed by atoms with Crippen molar-refractivity contribution in [3.8, 4) is 0 Å². The van der Waals surface area contributed by atoms with Crippen LogP contribution in [0.4, 0.5) is 0 Å². The molecule has 160 valence electrons. The molecule has 27 heavy (non-hydrogen) atoms. The average Bonchev–Trinajstić information content (AvgIpc) is 2.66. The lowest BCUT2D eigenvalue weighted by Gasteiger charge is -2.49. The molecule has 0 radical (unpaired) electrons. The van der Waals surface area contributed by atoms with Crippen LogP contribution in [-0.4, -0.2) is 127 Å². The summed E-state index contributed by atoms with van der Waals surface area (Å²) in [6.07, 6.45) is -14.7. The van der Waals surface area contributed by atoms with Gasteiger partial charge in [-0.1, -0.05) is 0 Å². The van der Waals surface area contributed by atoms with Crippen molar-refractivity contribution < 1.29 is 60.2 Å². The summed E-state index contributed by atoms with van der Waals surface area (Å²) in [6, 6.07) is 0. The van der Waals surface area contributed by atoms with E-state index in [0.29, 0.717) is 0 Å². The van der Waals surface area contributed by atoms with Gasteiger partial charge in [0.2, 0.25) is 0 Å². The molecule has 9 N–H and O–H groups in total. The predicted molar refractivity (Wildman–Crippen MR) is 83.9 cm³/mol. The molecule has 1 unspecified atom stereocenters.